The summed E-state index contributed by atoms with van der Waals surface area (Å²) in [6.07, 6.45) is 2.26. The minimum atomic E-state index is 0.193. The highest BCUT2D eigenvalue weighted by Crippen LogP contribution is 2.22. The van der Waals surface area contributed by atoms with Gasteiger partial charge in [0.1, 0.15) is 7.85 Å². The van der Waals surface area contributed by atoms with Crippen LogP contribution in [-0.4, -0.2) is 17.6 Å². The molecule has 0 bridgehead atoms. The maximum Gasteiger partial charge on any atom is 0.137 e. The van der Waals surface area contributed by atoms with Crippen molar-refractivity contribution in [3.63, 3.8) is 0 Å². The lowest BCUT2D eigenvalue weighted by Crippen LogP contribution is -2.34. The lowest BCUT2D eigenvalue weighted by Gasteiger charge is -2.29. The van der Waals surface area contributed by atoms with E-state index in [1.54, 1.807) is 0 Å². The van der Waals surface area contributed by atoms with Crippen LogP contribution in [0.5, 0.6) is 0 Å². The van der Waals surface area contributed by atoms with Gasteiger partial charge in [-0.1, -0.05) is 13.8 Å². The largest absolute Gasteiger partial charge is 0.272 e. The summed E-state index contributed by atoms with van der Waals surface area (Å²) in [6.45, 7) is 8.62. The van der Waals surface area contributed by atoms with E-state index in [0.29, 0.717) is 0 Å². The highest BCUT2D eigenvalue weighted by atomic mass is 15.3. The predicted molar refractivity (Wildman–Crippen MR) is 58.8 cm³/mol. The van der Waals surface area contributed by atoms with Crippen molar-refractivity contribution in [1.29, 1.82) is 0 Å². The van der Waals surface area contributed by atoms with Gasteiger partial charge in [0.25, 0.3) is 0 Å². The van der Waals surface area contributed by atoms with E-state index in [0.717, 1.165) is 18.5 Å². The number of nitrogens with zero attached hydrogens (tertiary/aromatic N) is 2. The molecular weight excluding hydrogens is 159 g/mol. The highest BCUT2D eigenvalue weighted by Gasteiger charge is 2.24. The SMILES string of the molecule is BC(CC)(CC)n1nc(C)cc1C. The van der Waals surface area contributed by atoms with E-state index in [2.05, 4.69) is 51.4 Å². The van der Waals surface area contributed by atoms with Crippen LogP contribution in [-0.2, 0) is 5.44 Å². The maximum absolute atomic E-state index is 4.54. The molecule has 0 amide bonds. The number of aryl methyl sites for hydroxylation is 2. The van der Waals surface area contributed by atoms with Crippen molar-refractivity contribution in [3.05, 3.63) is 17.5 Å². The number of hydrogen-bond donors (Lipinski definition) is 0. The van der Waals surface area contributed by atoms with Crippen LogP contribution in [0.1, 0.15) is 38.1 Å². The monoisotopic (exact) mass is 178 g/mol. The summed E-state index contributed by atoms with van der Waals surface area (Å²) in [5.74, 6) is 0. The van der Waals surface area contributed by atoms with E-state index < -0.39 is 0 Å². The van der Waals surface area contributed by atoms with Crippen molar-refractivity contribution in [3.8, 4) is 0 Å². The maximum atomic E-state index is 4.54. The molecule has 0 aliphatic heterocycles. The van der Waals surface area contributed by atoms with Gasteiger partial charge in [0, 0.05) is 11.1 Å². The van der Waals surface area contributed by atoms with Gasteiger partial charge in [0.05, 0.1) is 5.69 Å². The quantitative estimate of drug-likeness (QED) is 0.643. The molecule has 2 nitrogen and oxygen atoms in total. The smallest absolute Gasteiger partial charge is 0.137 e. The van der Waals surface area contributed by atoms with Crippen LogP contribution >= 0.6 is 0 Å². The third-order valence-electron chi connectivity index (χ3n) is 3.04. The van der Waals surface area contributed by atoms with Crippen LogP contribution in [0.4, 0.5) is 0 Å². The molecule has 0 aliphatic carbocycles. The van der Waals surface area contributed by atoms with E-state index in [-0.39, 0.29) is 5.44 Å². The minimum absolute atomic E-state index is 0.193. The van der Waals surface area contributed by atoms with Gasteiger partial charge in [0.2, 0.25) is 0 Å². The fraction of sp³-hybridized carbons (Fsp3) is 0.700. The zero-order valence-corrected chi connectivity index (χ0v) is 9.39. The van der Waals surface area contributed by atoms with Gasteiger partial charge in [-0.15, -0.1) is 0 Å². The molecule has 0 aromatic carbocycles. The second-order valence-electron chi connectivity index (χ2n) is 4.04. The van der Waals surface area contributed by atoms with Crippen LogP contribution in [0, 0.1) is 13.8 Å². The minimum Gasteiger partial charge on any atom is -0.272 e. The summed E-state index contributed by atoms with van der Waals surface area (Å²) >= 11 is 0. The predicted octanol–water partition coefficient (Wildman–Crippen LogP) is 1.61. The van der Waals surface area contributed by atoms with E-state index in [1.807, 2.05) is 0 Å². The molecule has 0 N–H and O–H groups in total. The van der Waals surface area contributed by atoms with Gasteiger partial charge < -0.3 is 0 Å². The molecule has 0 atom stereocenters. The van der Waals surface area contributed by atoms with Crippen molar-refractivity contribution in [2.75, 3.05) is 0 Å². The van der Waals surface area contributed by atoms with Crippen LogP contribution in [0.3, 0.4) is 0 Å². The van der Waals surface area contributed by atoms with Gasteiger partial charge in [0.15, 0.2) is 0 Å². The van der Waals surface area contributed by atoms with Crippen molar-refractivity contribution in [2.24, 2.45) is 0 Å². The summed E-state index contributed by atoms with van der Waals surface area (Å²) in [7, 11) is 2.27. The standard InChI is InChI=1S/C10H19BN2/c1-5-10(11,6-2)13-9(4)7-8(3)12-13/h7H,5-6,11H2,1-4H3. The molecule has 0 saturated carbocycles. The molecular formula is C10H19BN2. The Hall–Kier alpha value is -0.725. The topological polar surface area (TPSA) is 17.8 Å². The second-order valence-corrected chi connectivity index (χ2v) is 4.04. The Bertz CT molecular complexity index is 287. The zero-order valence-electron chi connectivity index (χ0n) is 9.39. The van der Waals surface area contributed by atoms with Crippen molar-refractivity contribution in [2.45, 2.75) is 46.0 Å². The zero-order chi connectivity index (χ0) is 10.1. The van der Waals surface area contributed by atoms with Gasteiger partial charge in [-0.3, -0.25) is 4.68 Å². The normalized spacial score (nSPS) is 12.0. The second kappa shape index (κ2) is 3.56. The molecule has 0 aliphatic rings. The third-order valence-corrected chi connectivity index (χ3v) is 3.04. The Morgan fingerprint density at radius 2 is 1.92 bits per heavy atom. The molecule has 0 unspecified atom stereocenters. The van der Waals surface area contributed by atoms with Gasteiger partial charge in [-0.25, -0.2) is 0 Å². The molecule has 1 rings (SSSR count). The Morgan fingerprint density at radius 3 is 2.23 bits per heavy atom. The van der Waals surface area contributed by atoms with Crippen LogP contribution in [0.2, 0.25) is 0 Å². The van der Waals surface area contributed by atoms with Crippen molar-refractivity contribution < 1.29 is 0 Å². The molecule has 1 aromatic heterocycles. The first-order valence-corrected chi connectivity index (χ1v) is 5.07. The van der Waals surface area contributed by atoms with E-state index in [9.17, 15) is 0 Å². The summed E-state index contributed by atoms with van der Waals surface area (Å²) < 4.78 is 2.17. The fourth-order valence-electron chi connectivity index (χ4n) is 1.72. The molecule has 72 valence electrons. The average molecular weight is 178 g/mol. The first-order chi connectivity index (χ1) is 6.03. The molecule has 0 saturated heterocycles. The summed E-state index contributed by atoms with van der Waals surface area (Å²) in [5.41, 5.74) is 2.58. The van der Waals surface area contributed by atoms with Crippen LogP contribution in [0.15, 0.2) is 6.07 Å². The van der Waals surface area contributed by atoms with E-state index in [4.69, 9.17) is 0 Å². The van der Waals surface area contributed by atoms with E-state index >= 15 is 0 Å². The molecule has 1 aromatic rings. The van der Waals surface area contributed by atoms with Gasteiger partial charge >= 0.3 is 0 Å². The van der Waals surface area contributed by atoms with Crippen LogP contribution in [0.25, 0.3) is 0 Å². The number of hydrogen-bond acceptors (Lipinski definition) is 1. The fourth-order valence-corrected chi connectivity index (χ4v) is 1.72. The summed E-state index contributed by atoms with van der Waals surface area (Å²) in [4.78, 5) is 0. The molecule has 1 heterocycles. The summed E-state index contributed by atoms with van der Waals surface area (Å²) in [5, 5.41) is 4.54. The Morgan fingerprint density at radius 1 is 1.38 bits per heavy atom. The number of aromatic nitrogens is 2. The first-order valence-electron chi connectivity index (χ1n) is 5.07. The summed E-state index contributed by atoms with van der Waals surface area (Å²) in [6, 6.07) is 2.14. The number of rotatable bonds is 3. The molecule has 0 radical (unpaired) electrons. The molecule has 0 spiro atoms. The molecule has 3 heteroatoms. The Labute approximate surface area is 81.7 Å². The lowest BCUT2D eigenvalue weighted by atomic mass is 9.73. The molecule has 0 fully saturated rings. The van der Waals surface area contributed by atoms with E-state index in [1.165, 1.54) is 5.69 Å². The molecule has 13 heavy (non-hydrogen) atoms. The van der Waals surface area contributed by atoms with Gasteiger partial charge in [-0.05, 0) is 32.8 Å². The van der Waals surface area contributed by atoms with Crippen molar-refractivity contribution in [1.82, 2.24) is 9.78 Å². The van der Waals surface area contributed by atoms with Crippen LogP contribution < -0.4 is 0 Å². The van der Waals surface area contributed by atoms with Crippen molar-refractivity contribution >= 4 is 7.85 Å². The lowest BCUT2D eigenvalue weighted by molar-refractivity contribution is 0.355. The average Bonchev–Trinajstić information content (AvgIpc) is 2.44. The highest BCUT2D eigenvalue weighted by molar-refractivity contribution is 6.13. The third kappa shape index (κ3) is 1.79. The van der Waals surface area contributed by atoms with Gasteiger partial charge in [-0.2, -0.15) is 5.10 Å². The Kier molecular flexibility index (Phi) is 2.84. The Balaban J connectivity index is 3.11. The first kappa shape index (κ1) is 10.4.